The summed E-state index contributed by atoms with van der Waals surface area (Å²) in [6.07, 6.45) is 5.38. The minimum atomic E-state index is 0.438. The minimum absolute atomic E-state index is 0.438. The average molecular weight is 308 g/mol. The molecule has 0 amide bonds. The quantitative estimate of drug-likeness (QED) is 0.647. The molecule has 0 saturated heterocycles. The number of aliphatic imine (C=N–C) groups is 1. The molecule has 1 aromatic rings. The summed E-state index contributed by atoms with van der Waals surface area (Å²) < 4.78 is 0. The van der Waals surface area contributed by atoms with Crippen LogP contribution in [0.3, 0.4) is 0 Å². The Balaban J connectivity index is 1.94. The summed E-state index contributed by atoms with van der Waals surface area (Å²) in [6, 6.07) is 0. The number of nitrogens with zero attached hydrogens (tertiary/aromatic N) is 2. The second kappa shape index (κ2) is 7.25. The van der Waals surface area contributed by atoms with Crippen molar-refractivity contribution in [3.63, 3.8) is 0 Å². The molecule has 0 unspecified atom stereocenters. The van der Waals surface area contributed by atoms with Gasteiger partial charge < -0.3 is 10.6 Å². The Hall–Kier alpha value is -1.10. The lowest BCUT2D eigenvalue weighted by Gasteiger charge is -2.25. The van der Waals surface area contributed by atoms with Gasteiger partial charge in [-0.15, -0.1) is 11.3 Å². The van der Waals surface area contributed by atoms with Crippen LogP contribution in [-0.2, 0) is 6.54 Å². The Bertz CT molecular complexity index is 486. The molecule has 0 bridgehead atoms. The number of hydrogen-bond acceptors (Lipinski definition) is 3. The van der Waals surface area contributed by atoms with Crippen LogP contribution >= 0.6 is 11.3 Å². The smallest absolute Gasteiger partial charge is 0.191 e. The zero-order chi connectivity index (χ0) is 15.3. The standard InChI is InChI=1S/C16H28N4S/c1-5-17-15(19-11-16(4)8-6-7-9-16)18-10-14-12(2)20-13(3)21-14/h5-11H2,1-4H3,(H2,17,18,19). The normalized spacial score (nSPS) is 18.0. The van der Waals surface area contributed by atoms with Gasteiger partial charge in [-0.05, 0) is 39.0 Å². The van der Waals surface area contributed by atoms with Crippen molar-refractivity contribution in [2.75, 3.05) is 13.1 Å². The second-order valence-electron chi connectivity index (χ2n) is 6.31. The summed E-state index contributed by atoms with van der Waals surface area (Å²) in [4.78, 5) is 10.4. The van der Waals surface area contributed by atoms with E-state index in [0.29, 0.717) is 12.0 Å². The highest BCUT2D eigenvalue weighted by atomic mass is 32.1. The fraction of sp³-hybridized carbons (Fsp3) is 0.750. The van der Waals surface area contributed by atoms with E-state index in [4.69, 9.17) is 4.99 Å². The van der Waals surface area contributed by atoms with Gasteiger partial charge in [0.25, 0.3) is 0 Å². The molecule has 5 heteroatoms. The van der Waals surface area contributed by atoms with E-state index in [1.54, 1.807) is 11.3 Å². The highest BCUT2D eigenvalue weighted by Gasteiger charge is 2.28. The van der Waals surface area contributed by atoms with Crippen molar-refractivity contribution in [3.05, 3.63) is 15.6 Å². The van der Waals surface area contributed by atoms with Gasteiger partial charge in [-0.2, -0.15) is 0 Å². The molecule has 0 radical (unpaired) electrons. The molecule has 4 nitrogen and oxygen atoms in total. The molecule has 0 atom stereocenters. The number of guanidine groups is 1. The van der Waals surface area contributed by atoms with E-state index in [1.165, 1.54) is 30.6 Å². The number of aryl methyl sites for hydroxylation is 2. The Morgan fingerprint density at radius 1 is 1.29 bits per heavy atom. The van der Waals surface area contributed by atoms with E-state index in [-0.39, 0.29) is 0 Å². The molecule has 21 heavy (non-hydrogen) atoms. The van der Waals surface area contributed by atoms with Crippen LogP contribution in [-0.4, -0.2) is 24.0 Å². The maximum absolute atomic E-state index is 4.71. The van der Waals surface area contributed by atoms with E-state index < -0.39 is 0 Å². The largest absolute Gasteiger partial charge is 0.357 e. The molecule has 2 N–H and O–H groups in total. The van der Waals surface area contributed by atoms with Crippen molar-refractivity contribution >= 4 is 17.3 Å². The first-order chi connectivity index (χ1) is 10.0. The van der Waals surface area contributed by atoms with Crippen molar-refractivity contribution in [2.45, 2.75) is 59.9 Å². The first-order valence-electron chi connectivity index (χ1n) is 7.97. The van der Waals surface area contributed by atoms with Crippen molar-refractivity contribution in [3.8, 4) is 0 Å². The molecule has 1 fully saturated rings. The summed E-state index contributed by atoms with van der Waals surface area (Å²) in [5, 5.41) is 7.99. The average Bonchev–Trinajstić information content (AvgIpc) is 3.00. The number of aromatic nitrogens is 1. The van der Waals surface area contributed by atoms with Gasteiger partial charge in [0.1, 0.15) is 0 Å². The summed E-state index contributed by atoms with van der Waals surface area (Å²) in [6.45, 7) is 11.2. The maximum Gasteiger partial charge on any atom is 0.191 e. The van der Waals surface area contributed by atoms with Crippen LogP contribution in [0.15, 0.2) is 4.99 Å². The monoisotopic (exact) mass is 308 g/mol. The molecule has 1 saturated carbocycles. The fourth-order valence-corrected chi connectivity index (χ4v) is 3.78. The van der Waals surface area contributed by atoms with E-state index in [1.807, 2.05) is 0 Å². The summed E-state index contributed by atoms with van der Waals surface area (Å²) in [5.41, 5.74) is 1.55. The Labute approximate surface area is 132 Å². The molecule has 1 aromatic heterocycles. The lowest BCUT2D eigenvalue weighted by atomic mass is 9.89. The minimum Gasteiger partial charge on any atom is -0.357 e. The van der Waals surface area contributed by atoms with Gasteiger partial charge in [-0.25, -0.2) is 9.98 Å². The molecule has 1 aliphatic carbocycles. The van der Waals surface area contributed by atoms with Crippen molar-refractivity contribution in [2.24, 2.45) is 10.4 Å². The van der Waals surface area contributed by atoms with E-state index in [0.717, 1.165) is 29.8 Å². The van der Waals surface area contributed by atoms with Crippen molar-refractivity contribution in [1.82, 2.24) is 15.6 Å². The van der Waals surface area contributed by atoms with Gasteiger partial charge in [0.05, 0.1) is 17.2 Å². The lowest BCUT2D eigenvalue weighted by molar-refractivity contribution is 0.334. The summed E-state index contributed by atoms with van der Waals surface area (Å²) in [5.74, 6) is 0.927. The third-order valence-corrected chi connectivity index (χ3v) is 5.28. The molecule has 1 heterocycles. The molecule has 0 spiro atoms. The molecular weight excluding hydrogens is 280 g/mol. The van der Waals surface area contributed by atoms with Crippen LogP contribution in [0.4, 0.5) is 0 Å². The maximum atomic E-state index is 4.71. The Kier molecular flexibility index (Phi) is 5.62. The summed E-state index contributed by atoms with van der Waals surface area (Å²) in [7, 11) is 0. The van der Waals surface area contributed by atoms with Crippen molar-refractivity contribution in [1.29, 1.82) is 0 Å². The molecule has 118 valence electrons. The van der Waals surface area contributed by atoms with Crippen LogP contribution < -0.4 is 10.6 Å². The second-order valence-corrected chi connectivity index (χ2v) is 7.60. The third-order valence-electron chi connectivity index (χ3n) is 4.22. The topological polar surface area (TPSA) is 49.3 Å². The number of thiazole rings is 1. The highest BCUT2D eigenvalue weighted by Crippen LogP contribution is 2.36. The zero-order valence-corrected chi connectivity index (χ0v) is 14.6. The molecule has 0 aliphatic heterocycles. The third kappa shape index (κ3) is 4.70. The van der Waals surface area contributed by atoms with Gasteiger partial charge in [0, 0.05) is 18.0 Å². The highest BCUT2D eigenvalue weighted by molar-refractivity contribution is 7.11. The van der Waals surface area contributed by atoms with Gasteiger partial charge >= 0.3 is 0 Å². The van der Waals surface area contributed by atoms with Crippen LogP contribution in [0, 0.1) is 19.3 Å². The predicted molar refractivity (Wildman–Crippen MR) is 91.0 cm³/mol. The van der Waals surface area contributed by atoms with Crippen LogP contribution in [0.25, 0.3) is 0 Å². The zero-order valence-electron chi connectivity index (χ0n) is 13.8. The first-order valence-corrected chi connectivity index (χ1v) is 8.79. The fourth-order valence-electron chi connectivity index (χ4n) is 2.92. The van der Waals surface area contributed by atoms with Crippen LogP contribution in [0.2, 0.25) is 0 Å². The van der Waals surface area contributed by atoms with E-state index in [9.17, 15) is 0 Å². The van der Waals surface area contributed by atoms with Crippen LogP contribution in [0.5, 0.6) is 0 Å². The Morgan fingerprint density at radius 3 is 2.57 bits per heavy atom. The Morgan fingerprint density at radius 2 is 2.00 bits per heavy atom. The SMILES string of the molecule is CCNC(=NCc1sc(C)nc1C)NCC1(C)CCCC1. The van der Waals surface area contributed by atoms with E-state index in [2.05, 4.69) is 43.3 Å². The van der Waals surface area contributed by atoms with Gasteiger partial charge in [-0.3, -0.25) is 0 Å². The predicted octanol–water partition coefficient (Wildman–Crippen LogP) is 3.40. The number of hydrogen-bond donors (Lipinski definition) is 2. The molecule has 2 rings (SSSR count). The molecular formula is C16H28N4S. The van der Waals surface area contributed by atoms with Gasteiger partial charge in [0.2, 0.25) is 0 Å². The van der Waals surface area contributed by atoms with Crippen molar-refractivity contribution < 1.29 is 0 Å². The van der Waals surface area contributed by atoms with Crippen LogP contribution in [0.1, 0.15) is 55.1 Å². The number of rotatable bonds is 5. The summed E-state index contributed by atoms with van der Waals surface area (Å²) >= 11 is 1.74. The van der Waals surface area contributed by atoms with E-state index >= 15 is 0 Å². The molecule has 1 aliphatic rings. The first kappa shape index (κ1) is 16.3. The number of nitrogens with one attached hydrogen (secondary N) is 2. The van der Waals surface area contributed by atoms with Gasteiger partial charge in [-0.1, -0.05) is 19.8 Å². The van der Waals surface area contributed by atoms with Gasteiger partial charge in [0.15, 0.2) is 5.96 Å². The lowest BCUT2D eigenvalue weighted by Crippen LogP contribution is -2.42. The molecule has 0 aromatic carbocycles.